The van der Waals surface area contributed by atoms with Crippen molar-refractivity contribution in [3.8, 4) is 17.2 Å². The van der Waals surface area contributed by atoms with Crippen LogP contribution in [0.3, 0.4) is 0 Å². The molecule has 1 N–H and O–H groups in total. The highest BCUT2D eigenvalue weighted by Crippen LogP contribution is 2.18. The van der Waals surface area contributed by atoms with Gasteiger partial charge in [0.1, 0.15) is 18.1 Å². The summed E-state index contributed by atoms with van der Waals surface area (Å²) in [5.41, 5.74) is 0.920. The Morgan fingerprint density at radius 1 is 0.931 bits per heavy atom. The molecule has 1 fully saturated rings. The molecule has 4 rings (SSSR count). The highest BCUT2D eigenvalue weighted by Gasteiger charge is 2.17. The molecule has 2 aromatic carbocycles. The first-order chi connectivity index (χ1) is 14.1. The third-order valence-corrected chi connectivity index (χ3v) is 4.75. The van der Waals surface area contributed by atoms with Crippen LogP contribution in [0.25, 0.3) is 5.69 Å². The minimum atomic E-state index is -0.932. The Morgan fingerprint density at radius 3 is 2.38 bits per heavy atom. The number of halogens is 2. The molecule has 0 saturated carbocycles. The van der Waals surface area contributed by atoms with Crippen LogP contribution in [0.2, 0.25) is 0 Å². The van der Waals surface area contributed by atoms with Crippen LogP contribution in [-0.4, -0.2) is 24.3 Å². The molecule has 3 aromatic rings. The zero-order chi connectivity index (χ0) is 20.2. The van der Waals surface area contributed by atoms with E-state index in [0.717, 1.165) is 31.0 Å². The number of ether oxygens (including phenoxy) is 2. The monoisotopic (exact) mass is 398 g/mol. The van der Waals surface area contributed by atoms with Crippen LogP contribution in [0.4, 0.5) is 8.78 Å². The molecule has 29 heavy (non-hydrogen) atoms. The Bertz CT molecular complexity index is 1050. The number of nitrogens with one attached hydrogen (secondary N) is 1. The van der Waals surface area contributed by atoms with Gasteiger partial charge in [-0.1, -0.05) is 6.07 Å². The van der Waals surface area contributed by atoms with Crippen molar-refractivity contribution in [3.63, 3.8) is 0 Å². The van der Waals surface area contributed by atoms with Gasteiger partial charge in [0.15, 0.2) is 11.6 Å². The van der Waals surface area contributed by atoms with E-state index in [4.69, 9.17) is 9.47 Å². The predicted molar refractivity (Wildman–Crippen MR) is 105 cm³/mol. The van der Waals surface area contributed by atoms with Gasteiger partial charge >= 0.3 is 0 Å². The fraction of sp³-hybridized carbons (Fsp3) is 0.227. The zero-order valence-corrected chi connectivity index (χ0v) is 15.6. The molecule has 5 nitrogen and oxygen atoms in total. The van der Waals surface area contributed by atoms with E-state index in [1.165, 1.54) is 16.7 Å². The van der Waals surface area contributed by atoms with Gasteiger partial charge in [-0.3, -0.25) is 9.36 Å². The molecule has 150 valence electrons. The highest BCUT2D eigenvalue weighted by molar-refractivity contribution is 5.38. The molecule has 0 amide bonds. The van der Waals surface area contributed by atoms with Gasteiger partial charge in [0.25, 0.3) is 5.56 Å². The maximum absolute atomic E-state index is 13.3. The zero-order valence-electron chi connectivity index (χ0n) is 15.6. The highest BCUT2D eigenvalue weighted by atomic mass is 19.2. The summed E-state index contributed by atoms with van der Waals surface area (Å²) in [6.45, 7) is 2.68. The fourth-order valence-electron chi connectivity index (χ4n) is 2.94. The van der Waals surface area contributed by atoms with Crippen LogP contribution < -0.4 is 20.3 Å². The Morgan fingerprint density at radius 2 is 1.72 bits per heavy atom. The number of pyridine rings is 1. The van der Waals surface area contributed by atoms with E-state index in [1.54, 1.807) is 12.3 Å². The molecule has 1 aromatic heterocycles. The fourth-order valence-corrected chi connectivity index (χ4v) is 2.94. The number of rotatable bonds is 7. The van der Waals surface area contributed by atoms with Crippen molar-refractivity contribution in [2.75, 3.05) is 19.7 Å². The molecule has 0 radical (unpaired) electrons. The van der Waals surface area contributed by atoms with E-state index in [2.05, 4.69) is 5.32 Å². The SMILES string of the molecule is O=c1cc(OCc2ccc(F)c(F)c2)ccn1-c1ccc(OCC2CNC2)cc1. The van der Waals surface area contributed by atoms with Crippen molar-refractivity contribution >= 4 is 0 Å². The standard InChI is InChI=1S/C22H20F2N2O3/c23-20-6-1-15(9-21(20)24)13-29-19-7-8-26(22(27)10-19)17-2-4-18(5-3-17)28-14-16-11-25-12-16/h1-10,16,25H,11-14H2. The molecule has 1 aliphatic heterocycles. The lowest BCUT2D eigenvalue weighted by molar-refractivity contribution is 0.199. The lowest BCUT2D eigenvalue weighted by Crippen LogP contribution is -2.45. The minimum absolute atomic E-state index is 0.0310. The van der Waals surface area contributed by atoms with E-state index >= 15 is 0 Å². The summed E-state index contributed by atoms with van der Waals surface area (Å²) in [6, 6.07) is 13.9. The quantitative estimate of drug-likeness (QED) is 0.664. The van der Waals surface area contributed by atoms with E-state index in [9.17, 15) is 13.6 Å². The topological polar surface area (TPSA) is 52.5 Å². The summed E-state index contributed by atoms with van der Waals surface area (Å²) < 4.78 is 39.0. The summed E-state index contributed by atoms with van der Waals surface area (Å²) in [5, 5.41) is 3.20. The number of aromatic nitrogens is 1. The predicted octanol–water partition coefficient (Wildman–Crippen LogP) is 3.29. The minimum Gasteiger partial charge on any atom is -0.493 e. The summed E-state index contributed by atoms with van der Waals surface area (Å²) in [7, 11) is 0. The summed E-state index contributed by atoms with van der Waals surface area (Å²) in [4.78, 5) is 12.4. The van der Waals surface area contributed by atoms with Crippen molar-refractivity contribution < 1.29 is 18.3 Å². The molecule has 1 saturated heterocycles. The van der Waals surface area contributed by atoms with E-state index in [-0.39, 0.29) is 12.2 Å². The number of benzene rings is 2. The van der Waals surface area contributed by atoms with Crippen LogP contribution in [-0.2, 0) is 6.61 Å². The average Bonchev–Trinajstić information content (AvgIpc) is 2.68. The van der Waals surface area contributed by atoms with Crippen molar-refractivity contribution in [1.29, 1.82) is 0 Å². The maximum atomic E-state index is 13.3. The molecular formula is C22H20F2N2O3. The second kappa shape index (κ2) is 8.45. The molecule has 7 heteroatoms. The maximum Gasteiger partial charge on any atom is 0.258 e. The first-order valence-corrected chi connectivity index (χ1v) is 9.32. The van der Waals surface area contributed by atoms with Crippen LogP contribution >= 0.6 is 0 Å². The van der Waals surface area contributed by atoms with Crippen molar-refractivity contribution in [2.24, 2.45) is 5.92 Å². The normalized spacial score (nSPS) is 13.7. The van der Waals surface area contributed by atoms with E-state index < -0.39 is 11.6 Å². The van der Waals surface area contributed by atoms with E-state index in [1.807, 2.05) is 24.3 Å². The Hall–Kier alpha value is -3.19. The van der Waals surface area contributed by atoms with Gasteiger partial charge in [-0.05, 0) is 48.0 Å². The van der Waals surface area contributed by atoms with Gasteiger partial charge in [0.05, 0.1) is 6.61 Å². The second-order valence-corrected chi connectivity index (χ2v) is 6.94. The largest absolute Gasteiger partial charge is 0.493 e. The molecule has 0 bridgehead atoms. The Balaban J connectivity index is 1.39. The van der Waals surface area contributed by atoms with Crippen LogP contribution in [0, 0.1) is 17.6 Å². The van der Waals surface area contributed by atoms with Crippen molar-refractivity contribution in [3.05, 3.63) is 88.3 Å². The van der Waals surface area contributed by atoms with Gasteiger partial charge in [0, 0.05) is 37.0 Å². The molecular weight excluding hydrogens is 378 g/mol. The summed E-state index contributed by atoms with van der Waals surface area (Å²) in [5.74, 6) is -0.174. The summed E-state index contributed by atoms with van der Waals surface area (Å²) >= 11 is 0. The molecule has 0 aliphatic carbocycles. The van der Waals surface area contributed by atoms with Crippen molar-refractivity contribution in [1.82, 2.24) is 9.88 Å². The Labute approximate surface area is 166 Å². The van der Waals surface area contributed by atoms with Crippen LogP contribution in [0.1, 0.15) is 5.56 Å². The molecule has 0 atom stereocenters. The van der Waals surface area contributed by atoms with Gasteiger partial charge in [0.2, 0.25) is 0 Å². The third kappa shape index (κ3) is 4.63. The van der Waals surface area contributed by atoms with Gasteiger partial charge < -0.3 is 14.8 Å². The molecule has 2 heterocycles. The number of hydrogen-bond acceptors (Lipinski definition) is 4. The van der Waals surface area contributed by atoms with E-state index in [0.29, 0.717) is 29.5 Å². The van der Waals surface area contributed by atoms with Crippen LogP contribution in [0.15, 0.2) is 65.6 Å². The molecule has 1 aliphatic rings. The first kappa shape index (κ1) is 19.1. The molecule has 0 unspecified atom stereocenters. The lowest BCUT2D eigenvalue weighted by Gasteiger charge is -2.26. The molecule has 0 spiro atoms. The van der Waals surface area contributed by atoms with Gasteiger partial charge in [-0.25, -0.2) is 8.78 Å². The van der Waals surface area contributed by atoms with Crippen LogP contribution in [0.5, 0.6) is 11.5 Å². The van der Waals surface area contributed by atoms with Gasteiger partial charge in [-0.15, -0.1) is 0 Å². The lowest BCUT2D eigenvalue weighted by atomic mass is 10.1. The summed E-state index contributed by atoms with van der Waals surface area (Å²) in [6.07, 6.45) is 1.61. The number of hydrogen-bond donors (Lipinski definition) is 1. The third-order valence-electron chi connectivity index (χ3n) is 4.75. The van der Waals surface area contributed by atoms with Crippen molar-refractivity contribution in [2.45, 2.75) is 6.61 Å². The van der Waals surface area contributed by atoms with Gasteiger partial charge in [-0.2, -0.15) is 0 Å². The second-order valence-electron chi connectivity index (χ2n) is 6.94. The Kier molecular flexibility index (Phi) is 5.57. The number of nitrogens with zero attached hydrogens (tertiary/aromatic N) is 1. The average molecular weight is 398 g/mol. The smallest absolute Gasteiger partial charge is 0.258 e. The first-order valence-electron chi connectivity index (χ1n) is 9.32.